The van der Waals surface area contributed by atoms with Crippen LogP contribution in [0.2, 0.25) is 0 Å². The summed E-state index contributed by atoms with van der Waals surface area (Å²) in [7, 11) is 0. The molecule has 3 N–H and O–H groups in total. The van der Waals surface area contributed by atoms with Gasteiger partial charge in [-0.2, -0.15) is 5.90 Å². The van der Waals surface area contributed by atoms with E-state index in [1.807, 2.05) is 24.3 Å². The summed E-state index contributed by atoms with van der Waals surface area (Å²) in [6.45, 7) is 0.443. The molecule has 4 aliphatic rings. The lowest BCUT2D eigenvalue weighted by molar-refractivity contribution is -0.144. The molecule has 0 amide bonds. The first-order chi connectivity index (χ1) is 16.9. The molecule has 184 valence electrons. The van der Waals surface area contributed by atoms with Gasteiger partial charge in [-0.05, 0) is 103 Å². The fourth-order valence-corrected chi connectivity index (χ4v) is 7.10. The first-order valence-electron chi connectivity index (χ1n) is 12.6. The van der Waals surface area contributed by atoms with Crippen LogP contribution in [0.3, 0.4) is 0 Å². The smallest absolute Gasteiger partial charge is 0.328 e. The number of carboxylic acid groups (broad SMARTS) is 1. The number of rotatable bonds is 9. The first kappa shape index (κ1) is 23.6. The number of carbonyl (C=O) groups is 2. The summed E-state index contributed by atoms with van der Waals surface area (Å²) in [6.07, 6.45) is 11.4. The van der Waals surface area contributed by atoms with Crippen LogP contribution in [0, 0.1) is 17.8 Å². The lowest BCUT2D eigenvalue weighted by atomic mass is 9.48. The summed E-state index contributed by atoms with van der Waals surface area (Å²) in [5.41, 5.74) is 4.57. The molecule has 4 aliphatic carbocycles. The average Bonchev–Trinajstić information content (AvgIpc) is 2.84. The summed E-state index contributed by atoms with van der Waals surface area (Å²) < 4.78 is 6.27. The van der Waals surface area contributed by atoms with Crippen LogP contribution in [0.5, 0.6) is 5.75 Å². The lowest BCUT2D eigenvalue weighted by Gasteiger charge is -2.57. The molecular weight excluding hydrogens is 442 g/mol. The van der Waals surface area contributed by atoms with Crippen LogP contribution in [-0.4, -0.2) is 23.7 Å². The Hall–Kier alpha value is -3.12. The lowest BCUT2D eigenvalue weighted by Crippen LogP contribution is -2.48. The molecule has 0 saturated heterocycles. The van der Waals surface area contributed by atoms with E-state index in [4.69, 9.17) is 15.7 Å². The van der Waals surface area contributed by atoms with Crippen molar-refractivity contribution in [2.24, 2.45) is 23.7 Å². The number of hydrogen-bond donors (Lipinski definition) is 2. The minimum atomic E-state index is -0.954. The largest absolute Gasteiger partial charge is 0.493 e. The van der Waals surface area contributed by atoms with Crippen molar-refractivity contribution in [2.75, 3.05) is 6.61 Å². The second kappa shape index (κ2) is 9.86. The highest BCUT2D eigenvalue weighted by Gasteiger charge is 2.52. The molecule has 0 aliphatic heterocycles. The SMILES string of the molecule is NOC(=O)CCCOc1ccc(-c2ccc(/C=C/C(=O)O)cc2)cc1C12CC3CC(CC(C3)C1)C2. The van der Waals surface area contributed by atoms with Crippen molar-refractivity contribution < 1.29 is 24.3 Å². The fraction of sp³-hybridized carbons (Fsp3) is 0.448. The highest BCUT2D eigenvalue weighted by atomic mass is 16.7. The maximum atomic E-state index is 11.4. The topological polar surface area (TPSA) is 98.9 Å². The van der Waals surface area contributed by atoms with E-state index in [9.17, 15) is 9.59 Å². The molecule has 0 heterocycles. The van der Waals surface area contributed by atoms with Gasteiger partial charge in [0.05, 0.1) is 13.0 Å². The second-order valence-corrected chi connectivity index (χ2v) is 10.6. The van der Waals surface area contributed by atoms with E-state index in [0.29, 0.717) is 13.0 Å². The molecule has 0 radical (unpaired) electrons. The van der Waals surface area contributed by atoms with Gasteiger partial charge < -0.3 is 14.7 Å². The zero-order chi connectivity index (χ0) is 24.4. The van der Waals surface area contributed by atoms with Gasteiger partial charge in [-0.25, -0.2) is 4.79 Å². The quantitative estimate of drug-likeness (QED) is 0.282. The van der Waals surface area contributed by atoms with Gasteiger partial charge in [0.2, 0.25) is 0 Å². The number of aliphatic carboxylic acids is 1. The number of hydrogen-bond acceptors (Lipinski definition) is 5. The third-order valence-corrected chi connectivity index (χ3v) is 8.17. The number of carbonyl (C=O) groups excluding carboxylic acids is 1. The minimum Gasteiger partial charge on any atom is -0.493 e. The second-order valence-electron chi connectivity index (χ2n) is 10.6. The standard InChI is InChI=1S/C29H33NO5/c30-35-28(33)2-1-11-34-26-9-8-24(23-6-3-19(4-7-23)5-10-27(31)32)15-25(26)29-16-20-12-21(17-29)14-22(13-20)18-29/h3-10,15,20-22H,1-2,11-14,16-18,30H2,(H,31,32)/b10-5+. The highest BCUT2D eigenvalue weighted by molar-refractivity contribution is 5.85. The molecule has 4 fully saturated rings. The van der Waals surface area contributed by atoms with Gasteiger partial charge in [-0.1, -0.05) is 30.3 Å². The predicted octanol–water partition coefficient (Wildman–Crippen LogP) is 5.50. The molecular formula is C29H33NO5. The van der Waals surface area contributed by atoms with Gasteiger partial charge in [-0.3, -0.25) is 4.79 Å². The van der Waals surface area contributed by atoms with Crippen LogP contribution in [0.1, 0.15) is 62.5 Å². The number of nitrogens with two attached hydrogens (primary N) is 1. The molecule has 6 heteroatoms. The van der Waals surface area contributed by atoms with E-state index in [1.54, 1.807) is 6.08 Å². The van der Waals surface area contributed by atoms with Crippen molar-refractivity contribution in [1.29, 1.82) is 0 Å². The summed E-state index contributed by atoms with van der Waals surface area (Å²) >= 11 is 0. The van der Waals surface area contributed by atoms with Crippen molar-refractivity contribution in [3.63, 3.8) is 0 Å². The van der Waals surface area contributed by atoms with Crippen molar-refractivity contribution in [3.05, 3.63) is 59.7 Å². The zero-order valence-corrected chi connectivity index (χ0v) is 19.9. The Morgan fingerprint density at radius 3 is 2.20 bits per heavy atom. The Bertz CT molecular complexity index is 1090. The molecule has 35 heavy (non-hydrogen) atoms. The van der Waals surface area contributed by atoms with Crippen molar-refractivity contribution >= 4 is 18.0 Å². The Morgan fingerprint density at radius 2 is 1.60 bits per heavy atom. The van der Waals surface area contributed by atoms with Crippen molar-refractivity contribution in [1.82, 2.24) is 0 Å². The van der Waals surface area contributed by atoms with Gasteiger partial charge in [0.1, 0.15) is 5.75 Å². The zero-order valence-electron chi connectivity index (χ0n) is 19.9. The third kappa shape index (κ3) is 5.13. The normalized spacial score (nSPS) is 26.7. The molecule has 2 aromatic rings. The van der Waals surface area contributed by atoms with Gasteiger partial charge in [-0.15, -0.1) is 0 Å². The van der Waals surface area contributed by atoms with E-state index in [1.165, 1.54) is 44.1 Å². The van der Waals surface area contributed by atoms with E-state index < -0.39 is 11.9 Å². The Labute approximate surface area is 206 Å². The highest BCUT2D eigenvalue weighted by Crippen LogP contribution is 2.62. The van der Waals surface area contributed by atoms with Gasteiger partial charge in [0.25, 0.3) is 0 Å². The third-order valence-electron chi connectivity index (χ3n) is 8.17. The molecule has 0 unspecified atom stereocenters. The van der Waals surface area contributed by atoms with E-state index in [-0.39, 0.29) is 11.8 Å². The molecule has 0 spiro atoms. The van der Waals surface area contributed by atoms with E-state index in [2.05, 4.69) is 23.0 Å². The van der Waals surface area contributed by atoms with Crippen LogP contribution in [0.4, 0.5) is 0 Å². The molecule has 6 nitrogen and oxygen atoms in total. The molecule has 0 atom stereocenters. The number of benzene rings is 2. The molecule has 4 bridgehead atoms. The van der Waals surface area contributed by atoms with Gasteiger partial charge >= 0.3 is 11.9 Å². The molecule has 0 aromatic heterocycles. The van der Waals surface area contributed by atoms with Crippen LogP contribution in [0.15, 0.2) is 48.5 Å². The maximum Gasteiger partial charge on any atom is 0.328 e. The Balaban J connectivity index is 1.43. The minimum absolute atomic E-state index is 0.167. The molecule has 6 rings (SSSR count). The number of carboxylic acids is 1. The Morgan fingerprint density at radius 1 is 0.971 bits per heavy atom. The van der Waals surface area contributed by atoms with Crippen molar-refractivity contribution in [3.8, 4) is 16.9 Å². The molecule has 2 aromatic carbocycles. The van der Waals surface area contributed by atoms with E-state index in [0.717, 1.165) is 46.3 Å². The summed E-state index contributed by atoms with van der Waals surface area (Å²) in [6, 6.07) is 14.5. The van der Waals surface area contributed by atoms with Crippen LogP contribution < -0.4 is 10.6 Å². The summed E-state index contributed by atoms with van der Waals surface area (Å²) in [5, 5.41) is 8.87. The average molecular weight is 476 g/mol. The number of ether oxygens (including phenoxy) is 1. The van der Waals surface area contributed by atoms with Crippen LogP contribution in [-0.2, 0) is 19.8 Å². The summed E-state index contributed by atoms with van der Waals surface area (Å²) in [5.74, 6) is 6.95. The van der Waals surface area contributed by atoms with Crippen molar-refractivity contribution in [2.45, 2.75) is 56.8 Å². The monoisotopic (exact) mass is 475 g/mol. The van der Waals surface area contributed by atoms with Gasteiger partial charge in [0, 0.05) is 11.6 Å². The fourth-order valence-electron chi connectivity index (χ4n) is 7.10. The van der Waals surface area contributed by atoms with Crippen LogP contribution in [0.25, 0.3) is 17.2 Å². The maximum absolute atomic E-state index is 11.4. The van der Waals surface area contributed by atoms with Crippen LogP contribution >= 0.6 is 0 Å². The predicted molar refractivity (Wildman–Crippen MR) is 133 cm³/mol. The first-order valence-corrected chi connectivity index (χ1v) is 12.6. The van der Waals surface area contributed by atoms with E-state index >= 15 is 0 Å². The Kier molecular flexibility index (Phi) is 6.65. The summed E-state index contributed by atoms with van der Waals surface area (Å²) in [4.78, 5) is 26.5. The molecule has 4 saturated carbocycles. The van der Waals surface area contributed by atoms with Gasteiger partial charge in [0.15, 0.2) is 0 Å².